The van der Waals surface area contributed by atoms with Gasteiger partial charge in [-0.1, -0.05) is 38.3 Å². The fourth-order valence-corrected chi connectivity index (χ4v) is 2.63. The van der Waals surface area contributed by atoms with Crippen molar-refractivity contribution in [1.29, 1.82) is 0 Å². The zero-order valence-electron chi connectivity index (χ0n) is 18.1. The van der Waals surface area contributed by atoms with Gasteiger partial charge in [-0.2, -0.15) is 13.2 Å². The summed E-state index contributed by atoms with van der Waals surface area (Å²) in [6, 6.07) is 12.1. The topological polar surface area (TPSA) is 61.8 Å². The van der Waals surface area contributed by atoms with Crippen LogP contribution in [0.2, 0.25) is 0 Å². The van der Waals surface area contributed by atoms with E-state index < -0.39 is 31.1 Å². The molecule has 0 aliphatic heterocycles. The average Bonchev–Trinajstić information content (AvgIpc) is 2.78. The summed E-state index contributed by atoms with van der Waals surface area (Å²) in [5.74, 6) is -0.520. The molecule has 8 heteroatoms. The first-order chi connectivity index (χ1) is 15.8. The van der Waals surface area contributed by atoms with Crippen LogP contribution in [-0.4, -0.2) is 31.3 Å². The van der Waals surface area contributed by atoms with E-state index in [-0.39, 0.29) is 11.3 Å². The molecular formula is C25H26F3O5. The Bertz CT molecular complexity index is 903. The lowest BCUT2D eigenvalue weighted by atomic mass is 10.2. The second-order valence-electron chi connectivity index (χ2n) is 7.11. The number of halogens is 3. The summed E-state index contributed by atoms with van der Waals surface area (Å²) in [5.41, 5.74) is 0.948. The molecule has 2 aromatic carbocycles. The summed E-state index contributed by atoms with van der Waals surface area (Å²) < 4.78 is 51.9. The molecule has 0 aliphatic rings. The lowest BCUT2D eigenvalue weighted by Crippen LogP contribution is -2.13. The quantitative estimate of drug-likeness (QED) is 0.163. The molecule has 1 radical (unpaired) electrons. The Labute approximate surface area is 191 Å². The third-order valence-corrected chi connectivity index (χ3v) is 4.39. The van der Waals surface area contributed by atoms with Crippen LogP contribution < -0.4 is 9.47 Å². The fourth-order valence-electron chi connectivity index (χ4n) is 2.63. The summed E-state index contributed by atoms with van der Waals surface area (Å²) in [6.45, 7) is 3.63. The number of rotatable bonds is 12. The first-order valence-electron chi connectivity index (χ1n) is 10.5. The van der Waals surface area contributed by atoms with Crippen molar-refractivity contribution in [3.63, 3.8) is 0 Å². The molecule has 0 saturated heterocycles. The van der Waals surface area contributed by atoms with E-state index in [2.05, 4.69) is 6.92 Å². The first kappa shape index (κ1) is 26.0. The molecular weight excluding hydrogens is 437 g/mol. The van der Waals surface area contributed by atoms with Crippen molar-refractivity contribution in [3.8, 4) is 11.5 Å². The van der Waals surface area contributed by atoms with Crippen molar-refractivity contribution < 1.29 is 37.0 Å². The van der Waals surface area contributed by atoms with Crippen molar-refractivity contribution in [2.45, 2.75) is 38.3 Å². The van der Waals surface area contributed by atoms with E-state index in [1.54, 1.807) is 30.3 Å². The number of hydrogen-bond acceptors (Lipinski definition) is 5. The van der Waals surface area contributed by atoms with Crippen LogP contribution in [0, 0.1) is 6.92 Å². The Kier molecular flexibility index (Phi) is 10.5. The molecule has 177 valence electrons. The van der Waals surface area contributed by atoms with E-state index in [4.69, 9.17) is 14.2 Å². The molecule has 0 atom stereocenters. The predicted octanol–water partition coefficient (Wildman–Crippen LogP) is 6.19. The Balaban J connectivity index is 1.79. The molecule has 0 heterocycles. The van der Waals surface area contributed by atoms with E-state index in [9.17, 15) is 22.8 Å². The monoisotopic (exact) mass is 463 g/mol. The van der Waals surface area contributed by atoms with Crippen LogP contribution in [0.25, 0.3) is 6.08 Å². The minimum Gasteiger partial charge on any atom is -0.493 e. The summed E-state index contributed by atoms with van der Waals surface area (Å²) in [7, 11) is 0. The molecule has 0 aliphatic carbocycles. The zero-order valence-corrected chi connectivity index (χ0v) is 18.1. The number of hydrogen-bond donors (Lipinski definition) is 0. The zero-order chi connectivity index (χ0) is 24.1. The summed E-state index contributed by atoms with van der Waals surface area (Å²) in [5, 5.41) is 0. The largest absolute Gasteiger partial charge is 0.493 e. The maximum Gasteiger partial charge on any atom is 0.392 e. The molecule has 2 aromatic rings. The van der Waals surface area contributed by atoms with Gasteiger partial charge in [-0.15, -0.1) is 0 Å². The van der Waals surface area contributed by atoms with Gasteiger partial charge in [0.05, 0.1) is 25.2 Å². The van der Waals surface area contributed by atoms with Crippen LogP contribution in [0.4, 0.5) is 13.2 Å². The molecule has 0 fully saturated rings. The van der Waals surface area contributed by atoms with Crippen molar-refractivity contribution >= 4 is 18.0 Å². The Morgan fingerprint density at radius 2 is 1.55 bits per heavy atom. The van der Waals surface area contributed by atoms with Gasteiger partial charge in [-0.3, -0.25) is 0 Å². The van der Waals surface area contributed by atoms with Crippen LogP contribution in [0.1, 0.15) is 48.0 Å². The van der Waals surface area contributed by atoms with Gasteiger partial charge in [0.15, 0.2) is 0 Å². The number of unbranched alkanes of at least 4 members (excludes halogenated alkanes) is 3. The molecule has 2 rings (SSSR count). The molecule has 0 aromatic heterocycles. The molecule has 33 heavy (non-hydrogen) atoms. The second kappa shape index (κ2) is 13.3. The smallest absolute Gasteiger partial charge is 0.392 e. The number of alkyl halides is 3. The van der Waals surface area contributed by atoms with Crippen molar-refractivity contribution in [1.82, 2.24) is 0 Å². The number of esters is 2. The number of benzene rings is 2. The maximum absolute atomic E-state index is 12.2. The molecule has 0 amide bonds. The van der Waals surface area contributed by atoms with E-state index in [1.165, 1.54) is 30.3 Å². The van der Waals surface area contributed by atoms with E-state index in [0.717, 1.165) is 31.2 Å². The molecule has 0 bridgehead atoms. The summed E-state index contributed by atoms with van der Waals surface area (Å²) in [4.78, 5) is 23.9. The van der Waals surface area contributed by atoms with Gasteiger partial charge >= 0.3 is 18.1 Å². The standard InChI is InChI=1S/C25H26F3O5/c1-2-3-4-5-17-32-23(29)15-8-19-6-11-22(12-7-19)33-24(30)20-9-13-21(14-10-20)31-18-16-25(26,27)28/h6-15H,1-5,16-18H2/b15-8+. The lowest BCUT2D eigenvalue weighted by molar-refractivity contribution is -0.140. The van der Waals surface area contributed by atoms with Crippen molar-refractivity contribution in [2.24, 2.45) is 0 Å². The van der Waals surface area contributed by atoms with Gasteiger partial charge in [0.25, 0.3) is 0 Å². The average molecular weight is 463 g/mol. The normalized spacial score (nSPS) is 11.4. The third-order valence-electron chi connectivity index (χ3n) is 4.39. The van der Waals surface area contributed by atoms with Gasteiger partial charge in [0, 0.05) is 6.08 Å². The van der Waals surface area contributed by atoms with E-state index in [1.807, 2.05) is 0 Å². The predicted molar refractivity (Wildman–Crippen MR) is 118 cm³/mol. The third kappa shape index (κ3) is 10.7. The fraction of sp³-hybridized carbons (Fsp3) is 0.320. The highest BCUT2D eigenvalue weighted by Crippen LogP contribution is 2.21. The molecule has 5 nitrogen and oxygen atoms in total. The number of carbonyl (C=O) groups is 2. The lowest BCUT2D eigenvalue weighted by Gasteiger charge is -2.09. The van der Waals surface area contributed by atoms with Crippen LogP contribution in [0.3, 0.4) is 0 Å². The highest BCUT2D eigenvalue weighted by atomic mass is 19.4. The number of carbonyl (C=O) groups excluding carboxylic acids is 2. The molecule has 0 unspecified atom stereocenters. The Morgan fingerprint density at radius 1 is 0.879 bits per heavy atom. The van der Waals surface area contributed by atoms with Crippen LogP contribution in [0.5, 0.6) is 11.5 Å². The second-order valence-corrected chi connectivity index (χ2v) is 7.11. The van der Waals surface area contributed by atoms with Gasteiger partial charge in [0.1, 0.15) is 11.5 Å². The van der Waals surface area contributed by atoms with Crippen molar-refractivity contribution in [3.05, 3.63) is 72.7 Å². The highest BCUT2D eigenvalue weighted by molar-refractivity contribution is 5.91. The molecule has 0 saturated carbocycles. The molecule has 0 spiro atoms. The minimum atomic E-state index is -4.29. The van der Waals surface area contributed by atoms with Gasteiger partial charge in [-0.05, 0) is 54.5 Å². The molecule has 0 N–H and O–H groups in total. The van der Waals surface area contributed by atoms with Crippen LogP contribution >= 0.6 is 0 Å². The van der Waals surface area contributed by atoms with Gasteiger partial charge in [-0.25, -0.2) is 9.59 Å². The van der Waals surface area contributed by atoms with Crippen LogP contribution in [-0.2, 0) is 9.53 Å². The Morgan fingerprint density at radius 3 is 2.18 bits per heavy atom. The SMILES string of the molecule is [CH2]CCCCCOC(=O)/C=C/c1ccc(OC(=O)c2ccc(OCCC(F)(F)F)cc2)cc1. The minimum absolute atomic E-state index is 0.222. The summed E-state index contributed by atoms with van der Waals surface area (Å²) >= 11 is 0. The van der Waals surface area contributed by atoms with Gasteiger partial charge < -0.3 is 14.2 Å². The Hall–Kier alpha value is -3.29. The highest BCUT2D eigenvalue weighted by Gasteiger charge is 2.26. The summed E-state index contributed by atoms with van der Waals surface area (Å²) in [6.07, 6.45) is 1.25. The van der Waals surface area contributed by atoms with Gasteiger partial charge in [0.2, 0.25) is 0 Å². The first-order valence-corrected chi connectivity index (χ1v) is 10.5. The van der Waals surface area contributed by atoms with Crippen molar-refractivity contribution in [2.75, 3.05) is 13.2 Å². The maximum atomic E-state index is 12.2. The number of ether oxygens (including phenoxy) is 3. The van der Waals surface area contributed by atoms with E-state index in [0.29, 0.717) is 12.4 Å². The van der Waals surface area contributed by atoms with Crippen LogP contribution in [0.15, 0.2) is 54.6 Å². The van der Waals surface area contributed by atoms with E-state index >= 15 is 0 Å².